The Hall–Kier alpha value is -0.840. The first kappa shape index (κ1) is 14.2. The monoisotopic (exact) mass is 235 g/mol. The highest BCUT2D eigenvalue weighted by molar-refractivity contribution is 5.85. The molecule has 2 atom stereocenters. The molecule has 0 radical (unpaired) electrons. The zero-order valence-corrected chi connectivity index (χ0v) is 9.17. The average Bonchev–Trinajstić information content (AvgIpc) is 2.15. The predicted molar refractivity (Wildman–Crippen MR) is 58.5 cm³/mol. The molecule has 0 aliphatic rings. The quantitative estimate of drug-likeness (QED) is 0.748. The Balaban J connectivity index is 0.00000196. The molecule has 15 heavy (non-hydrogen) atoms. The van der Waals surface area contributed by atoms with Crippen molar-refractivity contribution in [2.75, 3.05) is 0 Å². The highest BCUT2D eigenvalue weighted by Crippen LogP contribution is 2.22. The van der Waals surface area contributed by atoms with Crippen LogP contribution < -0.4 is 5.73 Å². The van der Waals surface area contributed by atoms with Crippen molar-refractivity contribution in [1.29, 1.82) is 0 Å². The van der Waals surface area contributed by atoms with Gasteiger partial charge in [-0.3, -0.25) is 0 Å². The van der Waals surface area contributed by atoms with Gasteiger partial charge in [0.25, 0.3) is 0 Å². The number of hydrogen-bond donors (Lipinski definition) is 3. The van der Waals surface area contributed by atoms with E-state index < -0.39 is 18.0 Å². The van der Waals surface area contributed by atoms with Crippen molar-refractivity contribution in [1.82, 2.24) is 0 Å². The van der Waals surface area contributed by atoms with Crippen LogP contribution in [0.2, 0.25) is 0 Å². The normalized spacial score (nSPS) is 14.1. The van der Waals surface area contributed by atoms with Crippen molar-refractivity contribution in [2.45, 2.75) is 25.5 Å². The van der Waals surface area contributed by atoms with Crippen molar-refractivity contribution in [3.8, 4) is 5.75 Å². The van der Waals surface area contributed by atoms with E-state index >= 15 is 0 Å². The number of aliphatic hydroxyl groups is 1. The maximum absolute atomic E-state index is 13.2. The Labute approximate surface area is 94.1 Å². The van der Waals surface area contributed by atoms with E-state index in [2.05, 4.69) is 0 Å². The minimum Gasteiger partial charge on any atom is -0.508 e. The molecule has 0 saturated carbocycles. The van der Waals surface area contributed by atoms with Crippen molar-refractivity contribution >= 4 is 12.4 Å². The van der Waals surface area contributed by atoms with Crippen LogP contribution in [0.25, 0.3) is 0 Å². The molecule has 0 aliphatic heterocycles. The number of hydrogen-bond acceptors (Lipinski definition) is 3. The van der Waals surface area contributed by atoms with Crippen molar-refractivity contribution in [3.05, 3.63) is 29.6 Å². The highest BCUT2D eigenvalue weighted by atomic mass is 35.5. The number of aliphatic hydroxyl groups excluding tert-OH is 1. The van der Waals surface area contributed by atoms with Gasteiger partial charge in [0.1, 0.15) is 11.6 Å². The van der Waals surface area contributed by atoms with Crippen LogP contribution in [0, 0.1) is 5.82 Å². The summed E-state index contributed by atoms with van der Waals surface area (Å²) in [6, 6.07) is 2.97. The molecule has 1 rings (SSSR count). The predicted octanol–water partition coefficient (Wildman–Crippen LogP) is 1.72. The Kier molecular flexibility index (Phi) is 5.57. The maximum Gasteiger partial charge on any atom is 0.131 e. The molecule has 0 bridgehead atoms. The number of halogens is 2. The first-order valence-corrected chi connectivity index (χ1v) is 4.48. The van der Waals surface area contributed by atoms with E-state index in [1.807, 2.05) is 0 Å². The van der Waals surface area contributed by atoms with Crippen molar-refractivity contribution in [2.24, 2.45) is 5.73 Å². The standard InChI is InChI=1S/C10H14FNO2.ClH/c1-2-9(14)10(12)7-4-3-6(13)5-8(7)11;/h3-5,9-10,13-14H,2,12H2,1H3;1H/t9-,10+;/m1./s1. The second-order valence-corrected chi connectivity index (χ2v) is 3.21. The Morgan fingerprint density at radius 3 is 2.53 bits per heavy atom. The molecule has 0 spiro atoms. The van der Waals surface area contributed by atoms with Gasteiger partial charge in [-0.2, -0.15) is 0 Å². The molecule has 5 heteroatoms. The second-order valence-electron chi connectivity index (χ2n) is 3.21. The van der Waals surface area contributed by atoms with Gasteiger partial charge in [0.15, 0.2) is 0 Å². The number of benzene rings is 1. The summed E-state index contributed by atoms with van der Waals surface area (Å²) in [6.45, 7) is 1.77. The molecule has 1 aromatic rings. The maximum atomic E-state index is 13.2. The third kappa shape index (κ3) is 3.34. The Morgan fingerprint density at radius 2 is 2.07 bits per heavy atom. The van der Waals surface area contributed by atoms with Crippen LogP contribution in [0.15, 0.2) is 18.2 Å². The molecule has 3 nitrogen and oxygen atoms in total. The SMILES string of the molecule is CC[C@@H](O)[C@@H](N)c1ccc(O)cc1F.Cl. The summed E-state index contributed by atoms with van der Waals surface area (Å²) in [5.41, 5.74) is 5.85. The zero-order chi connectivity index (χ0) is 10.7. The molecule has 4 N–H and O–H groups in total. The summed E-state index contributed by atoms with van der Waals surface area (Å²) in [7, 11) is 0. The minimum atomic E-state index is -0.769. The summed E-state index contributed by atoms with van der Waals surface area (Å²) >= 11 is 0. The van der Waals surface area contributed by atoms with E-state index in [0.29, 0.717) is 6.42 Å². The number of phenolic OH excluding ortho intramolecular Hbond substituents is 1. The first-order valence-electron chi connectivity index (χ1n) is 4.48. The summed E-state index contributed by atoms with van der Waals surface area (Å²) in [6.07, 6.45) is -0.310. The van der Waals surface area contributed by atoms with E-state index in [9.17, 15) is 9.50 Å². The van der Waals surface area contributed by atoms with Crippen LogP contribution in [-0.4, -0.2) is 16.3 Å². The van der Waals surface area contributed by atoms with Crippen molar-refractivity contribution in [3.63, 3.8) is 0 Å². The van der Waals surface area contributed by atoms with Crippen molar-refractivity contribution < 1.29 is 14.6 Å². The lowest BCUT2D eigenvalue weighted by molar-refractivity contribution is 0.139. The molecule has 0 saturated heterocycles. The summed E-state index contributed by atoms with van der Waals surface area (Å²) < 4.78 is 13.2. The average molecular weight is 236 g/mol. The first-order chi connectivity index (χ1) is 6.56. The van der Waals surface area contributed by atoms with Gasteiger partial charge in [-0.1, -0.05) is 13.0 Å². The fourth-order valence-corrected chi connectivity index (χ4v) is 1.25. The van der Waals surface area contributed by atoms with Crippen LogP contribution >= 0.6 is 12.4 Å². The van der Waals surface area contributed by atoms with Gasteiger partial charge in [0.05, 0.1) is 12.1 Å². The molecule has 1 aromatic carbocycles. The molecular weight excluding hydrogens is 221 g/mol. The molecule has 0 aliphatic carbocycles. The smallest absolute Gasteiger partial charge is 0.131 e. The molecule has 0 aromatic heterocycles. The van der Waals surface area contributed by atoms with Gasteiger partial charge in [-0.15, -0.1) is 12.4 Å². The third-order valence-electron chi connectivity index (χ3n) is 2.18. The molecule has 0 unspecified atom stereocenters. The van der Waals surface area contributed by atoms with Gasteiger partial charge in [-0.05, 0) is 12.5 Å². The molecule has 0 heterocycles. The van der Waals surface area contributed by atoms with Crippen LogP contribution in [-0.2, 0) is 0 Å². The lowest BCUT2D eigenvalue weighted by Crippen LogP contribution is -2.26. The summed E-state index contributed by atoms with van der Waals surface area (Å²) in [5, 5.41) is 18.4. The number of aromatic hydroxyl groups is 1. The van der Waals surface area contributed by atoms with Gasteiger partial charge < -0.3 is 15.9 Å². The second kappa shape index (κ2) is 5.90. The fraction of sp³-hybridized carbons (Fsp3) is 0.400. The lowest BCUT2D eigenvalue weighted by Gasteiger charge is -2.18. The number of rotatable bonds is 3. The zero-order valence-electron chi connectivity index (χ0n) is 8.35. The van der Waals surface area contributed by atoms with Crippen LogP contribution in [0.5, 0.6) is 5.75 Å². The van der Waals surface area contributed by atoms with Crippen LogP contribution in [0.4, 0.5) is 4.39 Å². The molecule has 0 fully saturated rings. The highest BCUT2D eigenvalue weighted by Gasteiger charge is 2.18. The van der Waals surface area contributed by atoms with E-state index in [4.69, 9.17) is 10.8 Å². The van der Waals surface area contributed by atoms with Crippen LogP contribution in [0.3, 0.4) is 0 Å². The molecule has 0 amide bonds. The Bertz CT molecular complexity index is 322. The number of nitrogens with two attached hydrogens (primary N) is 1. The molecular formula is C10H15ClFNO2. The molecule has 86 valence electrons. The van der Waals surface area contributed by atoms with E-state index in [1.54, 1.807) is 6.92 Å². The number of phenols is 1. The summed E-state index contributed by atoms with van der Waals surface area (Å²) in [4.78, 5) is 0. The van der Waals surface area contributed by atoms with E-state index in [0.717, 1.165) is 6.07 Å². The van der Waals surface area contributed by atoms with Gasteiger partial charge in [0, 0.05) is 11.6 Å². The van der Waals surface area contributed by atoms with E-state index in [1.165, 1.54) is 12.1 Å². The summed E-state index contributed by atoms with van der Waals surface area (Å²) in [5.74, 6) is -0.741. The minimum absolute atomic E-state index is 0. The van der Waals surface area contributed by atoms with Crippen LogP contribution in [0.1, 0.15) is 24.9 Å². The van der Waals surface area contributed by atoms with Gasteiger partial charge in [-0.25, -0.2) is 4.39 Å². The topological polar surface area (TPSA) is 66.5 Å². The van der Waals surface area contributed by atoms with E-state index in [-0.39, 0.29) is 23.7 Å². The Morgan fingerprint density at radius 1 is 1.47 bits per heavy atom. The lowest BCUT2D eigenvalue weighted by atomic mass is 10.00. The fourth-order valence-electron chi connectivity index (χ4n) is 1.25. The van der Waals surface area contributed by atoms with Gasteiger partial charge >= 0.3 is 0 Å². The third-order valence-corrected chi connectivity index (χ3v) is 2.18. The van der Waals surface area contributed by atoms with Gasteiger partial charge in [0.2, 0.25) is 0 Å². The largest absolute Gasteiger partial charge is 0.508 e.